The minimum Gasteiger partial charge on any atom is -0.350 e. The summed E-state index contributed by atoms with van der Waals surface area (Å²) in [7, 11) is 0. The maximum atomic E-state index is 13.2. The molecule has 0 aliphatic carbocycles. The maximum Gasteiger partial charge on any atom is 0.255 e. The zero-order valence-corrected chi connectivity index (χ0v) is 19.8. The first-order valence-electron chi connectivity index (χ1n) is 11.3. The van der Waals surface area contributed by atoms with Gasteiger partial charge in [0, 0.05) is 17.3 Å². The van der Waals surface area contributed by atoms with Crippen molar-refractivity contribution < 1.29 is 4.79 Å². The summed E-state index contributed by atoms with van der Waals surface area (Å²) in [6.45, 7) is 9.17. The fraction of sp³-hybridized carbons (Fsp3) is 0.385. The molecule has 0 radical (unpaired) electrons. The second kappa shape index (κ2) is 9.88. The molecule has 1 aliphatic heterocycles. The van der Waals surface area contributed by atoms with Crippen LogP contribution in [0.15, 0.2) is 48.5 Å². The summed E-state index contributed by atoms with van der Waals surface area (Å²) in [5.74, 6) is -0.0774. The minimum absolute atomic E-state index is 0.0679. The second-order valence-electron chi connectivity index (χ2n) is 8.68. The Morgan fingerprint density at radius 1 is 1.06 bits per heavy atom. The number of carbonyl (C=O) groups excluding carboxylic acids is 1. The van der Waals surface area contributed by atoms with Gasteiger partial charge in [0.15, 0.2) is 0 Å². The van der Waals surface area contributed by atoms with Gasteiger partial charge in [-0.05, 0) is 63.9 Å². The molecular formula is C26H31ClN4O. The van der Waals surface area contributed by atoms with Crippen molar-refractivity contribution in [2.75, 3.05) is 19.6 Å². The van der Waals surface area contributed by atoms with Crippen molar-refractivity contribution >= 4 is 17.5 Å². The summed E-state index contributed by atoms with van der Waals surface area (Å²) in [6.07, 6.45) is 2.36. The van der Waals surface area contributed by atoms with Gasteiger partial charge in [-0.25, -0.2) is 0 Å². The lowest BCUT2D eigenvalue weighted by Gasteiger charge is -2.29. The highest BCUT2D eigenvalue weighted by molar-refractivity contribution is 6.31. The molecule has 1 atom stereocenters. The third-order valence-corrected chi connectivity index (χ3v) is 6.71. The molecule has 32 heavy (non-hydrogen) atoms. The first-order chi connectivity index (χ1) is 15.4. The third kappa shape index (κ3) is 4.89. The zero-order chi connectivity index (χ0) is 22.7. The molecule has 1 fully saturated rings. The van der Waals surface area contributed by atoms with Crippen LogP contribution in [-0.2, 0) is 6.54 Å². The Hall–Kier alpha value is -2.63. The monoisotopic (exact) mass is 450 g/mol. The van der Waals surface area contributed by atoms with Crippen LogP contribution in [0.25, 0.3) is 0 Å². The van der Waals surface area contributed by atoms with Crippen LogP contribution in [-0.4, -0.2) is 40.2 Å². The number of likely N-dealkylation sites (tertiary alicyclic amines) is 1. The summed E-state index contributed by atoms with van der Waals surface area (Å²) in [6, 6.07) is 16.4. The average molecular weight is 451 g/mol. The van der Waals surface area contributed by atoms with Gasteiger partial charge in [-0.1, -0.05) is 59.6 Å². The van der Waals surface area contributed by atoms with Gasteiger partial charge < -0.3 is 5.32 Å². The van der Waals surface area contributed by atoms with Crippen LogP contribution >= 0.6 is 11.6 Å². The minimum atomic E-state index is -0.0774. The van der Waals surface area contributed by atoms with Crippen molar-refractivity contribution in [3.63, 3.8) is 0 Å². The number of halogens is 1. The number of nitrogens with zero attached hydrogens (tertiary/aromatic N) is 3. The molecule has 1 aliphatic rings. The van der Waals surface area contributed by atoms with Crippen molar-refractivity contribution in [3.8, 4) is 0 Å². The standard InChI is InChI=1S/C26H31ClN4O/c1-18-10-12-21(13-11-18)17-31-20(3)25(19(2)29-31)26(32)28-16-24(30-14-6-7-15-30)22-8-4-5-9-23(22)27/h4-5,8-13,24H,6-7,14-17H2,1-3H3,(H,28,32)/t24-/m1/s1. The van der Waals surface area contributed by atoms with Crippen molar-refractivity contribution in [3.05, 3.63) is 87.2 Å². The molecule has 1 N–H and O–H groups in total. The summed E-state index contributed by atoms with van der Waals surface area (Å²) < 4.78 is 1.92. The number of aryl methyl sites for hydroxylation is 2. The van der Waals surface area contributed by atoms with Gasteiger partial charge in [0.05, 0.1) is 23.8 Å². The van der Waals surface area contributed by atoms with E-state index in [9.17, 15) is 4.79 Å². The predicted octanol–water partition coefficient (Wildman–Crippen LogP) is 5.08. The van der Waals surface area contributed by atoms with Crippen molar-refractivity contribution in [2.45, 2.75) is 46.2 Å². The largest absolute Gasteiger partial charge is 0.350 e. The average Bonchev–Trinajstić information content (AvgIpc) is 3.39. The number of hydrogen-bond donors (Lipinski definition) is 1. The van der Waals surface area contributed by atoms with Gasteiger partial charge in [-0.3, -0.25) is 14.4 Å². The molecule has 0 unspecified atom stereocenters. The second-order valence-corrected chi connectivity index (χ2v) is 9.09. The highest BCUT2D eigenvalue weighted by atomic mass is 35.5. The number of rotatable bonds is 7. The van der Waals surface area contributed by atoms with Crippen molar-refractivity contribution in [1.82, 2.24) is 20.0 Å². The van der Waals surface area contributed by atoms with Crippen molar-refractivity contribution in [1.29, 1.82) is 0 Å². The number of nitrogens with one attached hydrogen (secondary N) is 1. The van der Waals surface area contributed by atoms with Crippen LogP contribution in [0.3, 0.4) is 0 Å². The van der Waals surface area contributed by atoms with Crippen LogP contribution in [0.2, 0.25) is 5.02 Å². The Balaban J connectivity index is 1.50. The molecular weight excluding hydrogens is 420 g/mol. The number of amides is 1. The van der Waals surface area contributed by atoms with Gasteiger partial charge in [0.25, 0.3) is 5.91 Å². The smallest absolute Gasteiger partial charge is 0.255 e. The van der Waals surface area contributed by atoms with Crippen LogP contribution in [0, 0.1) is 20.8 Å². The van der Waals surface area contributed by atoms with E-state index in [1.165, 1.54) is 24.0 Å². The van der Waals surface area contributed by atoms with E-state index in [0.29, 0.717) is 18.7 Å². The van der Waals surface area contributed by atoms with E-state index < -0.39 is 0 Å². The molecule has 1 amide bonds. The fourth-order valence-electron chi connectivity index (χ4n) is 4.56. The van der Waals surface area contributed by atoms with Crippen molar-refractivity contribution in [2.24, 2.45) is 0 Å². The Morgan fingerprint density at radius 2 is 1.75 bits per heavy atom. The highest BCUT2D eigenvalue weighted by Crippen LogP contribution is 2.30. The van der Waals surface area contributed by atoms with Crippen LogP contribution in [0.1, 0.15) is 57.3 Å². The van der Waals surface area contributed by atoms with E-state index in [2.05, 4.69) is 52.6 Å². The number of aromatic nitrogens is 2. The Labute approximate surface area is 195 Å². The zero-order valence-electron chi connectivity index (χ0n) is 19.1. The topological polar surface area (TPSA) is 50.2 Å². The molecule has 6 heteroatoms. The Morgan fingerprint density at radius 3 is 2.44 bits per heavy atom. The number of carbonyl (C=O) groups is 1. The molecule has 2 heterocycles. The van der Waals surface area contributed by atoms with E-state index in [1.54, 1.807) is 0 Å². The van der Waals surface area contributed by atoms with Crippen LogP contribution in [0.5, 0.6) is 0 Å². The molecule has 0 saturated carbocycles. The lowest BCUT2D eigenvalue weighted by molar-refractivity contribution is 0.0936. The summed E-state index contributed by atoms with van der Waals surface area (Å²) in [5.41, 5.74) is 5.77. The summed E-state index contributed by atoms with van der Waals surface area (Å²) in [4.78, 5) is 15.6. The van der Waals surface area contributed by atoms with E-state index in [0.717, 1.165) is 35.1 Å². The van der Waals surface area contributed by atoms with Crippen LogP contribution < -0.4 is 5.32 Å². The third-order valence-electron chi connectivity index (χ3n) is 6.36. The van der Waals surface area contributed by atoms with E-state index in [4.69, 9.17) is 11.6 Å². The van der Waals surface area contributed by atoms with Gasteiger partial charge >= 0.3 is 0 Å². The summed E-state index contributed by atoms with van der Waals surface area (Å²) >= 11 is 6.52. The predicted molar refractivity (Wildman–Crippen MR) is 129 cm³/mol. The quantitative estimate of drug-likeness (QED) is 0.546. The van der Waals surface area contributed by atoms with Gasteiger partial charge in [0.1, 0.15) is 0 Å². The van der Waals surface area contributed by atoms with Gasteiger partial charge in [0.2, 0.25) is 0 Å². The first-order valence-corrected chi connectivity index (χ1v) is 11.7. The molecule has 0 spiro atoms. The molecule has 168 valence electrons. The molecule has 5 nitrogen and oxygen atoms in total. The van der Waals surface area contributed by atoms with E-state index in [1.807, 2.05) is 36.7 Å². The Bertz CT molecular complexity index is 1080. The molecule has 0 bridgehead atoms. The molecule has 4 rings (SSSR count). The maximum absolute atomic E-state index is 13.2. The SMILES string of the molecule is Cc1ccc(Cn2nc(C)c(C(=O)NC[C@H](c3ccccc3Cl)N3CCCC3)c2C)cc1. The Kier molecular flexibility index (Phi) is 6.97. The van der Waals surface area contributed by atoms with E-state index in [-0.39, 0.29) is 11.9 Å². The lowest BCUT2D eigenvalue weighted by Crippen LogP contribution is -2.37. The molecule has 1 aromatic heterocycles. The molecule has 1 saturated heterocycles. The first kappa shape index (κ1) is 22.6. The number of hydrogen-bond acceptors (Lipinski definition) is 3. The van der Waals surface area contributed by atoms with Gasteiger partial charge in [-0.15, -0.1) is 0 Å². The number of benzene rings is 2. The van der Waals surface area contributed by atoms with Gasteiger partial charge in [-0.2, -0.15) is 5.10 Å². The van der Waals surface area contributed by atoms with Crippen LogP contribution in [0.4, 0.5) is 0 Å². The highest BCUT2D eigenvalue weighted by Gasteiger charge is 2.27. The molecule has 3 aromatic rings. The van der Waals surface area contributed by atoms with E-state index >= 15 is 0 Å². The summed E-state index contributed by atoms with van der Waals surface area (Å²) in [5, 5.41) is 8.57. The lowest BCUT2D eigenvalue weighted by atomic mass is 10.0. The normalized spacial score (nSPS) is 15.1. The molecule has 2 aromatic carbocycles. The fourth-order valence-corrected chi connectivity index (χ4v) is 4.82.